The van der Waals surface area contributed by atoms with Crippen molar-refractivity contribution in [2.24, 2.45) is 5.73 Å². The van der Waals surface area contributed by atoms with E-state index in [-0.39, 0.29) is 48.0 Å². The van der Waals surface area contributed by atoms with Gasteiger partial charge in [0, 0.05) is 11.3 Å². The molecule has 1 unspecified atom stereocenters. The van der Waals surface area contributed by atoms with Crippen molar-refractivity contribution in [2.75, 3.05) is 24.7 Å². The van der Waals surface area contributed by atoms with Crippen molar-refractivity contribution in [3.05, 3.63) is 52.6 Å². The van der Waals surface area contributed by atoms with Gasteiger partial charge in [0.1, 0.15) is 29.3 Å². The van der Waals surface area contributed by atoms with E-state index in [0.29, 0.717) is 12.1 Å². The van der Waals surface area contributed by atoms with E-state index < -0.39 is 35.4 Å². The maximum atomic E-state index is 13.7. The SMILES string of the molecule is CCCCOC(=O)C1=C(N)N(CC(=O)OCC)c2ccccc2C12C(=O)OC(C)=C2C(=O)OC(C)C. The van der Waals surface area contributed by atoms with E-state index in [1.807, 2.05) is 6.92 Å². The van der Waals surface area contributed by atoms with Crippen LogP contribution in [0.3, 0.4) is 0 Å². The molecule has 0 saturated carbocycles. The highest BCUT2D eigenvalue weighted by atomic mass is 16.6. The predicted octanol–water partition coefficient (Wildman–Crippen LogP) is 2.60. The molecule has 0 saturated heterocycles. The molecule has 1 spiro atoms. The van der Waals surface area contributed by atoms with E-state index in [2.05, 4.69) is 0 Å². The fourth-order valence-electron chi connectivity index (χ4n) is 4.44. The van der Waals surface area contributed by atoms with Crippen LogP contribution >= 0.6 is 0 Å². The lowest BCUT2D eigenvalue weighted by atomic mass is 9.66. The summed E-state index contributed by atoms with van der Waals surface area (Å²) in [5.41, 5.74) is 4.61. The van der Waals surface area contributed by atoms with Crippen molar-refractivity contribution < 1.29 is 38.1 Å². The number of carbonyl (C=O) groups excluding carboxylic acids is 4. The summed E-state index contributed by atoms with van der Waals surface area (Å²) in [7, 11) is 0. The van der Waals surface area contributed by atoms with Gasteiger partial charge in [-0.1, -0.05) is 31.5 Å². The molecule has 36 heavy (non-hydrogen) atoms. The van der Waals surface area contributed by atoms with Gasteiger partial charge in [-0.05, 0) is 40.2 Å². The van der Waals surface area contributed by atoms with Crippen molar-refractivity contribution in [1.82, 2.24) is 0 Å². The molecule has 2 aliphatic rings. The Morgan fingerprint density at radius 2 is 1.78 bits per heavy atom. The van der Waals surface area contributed by atoms with E-state index in [4.69, 9.17) is 24.7 Å². The lowest BCUT2D eigenvalue weighted by Crippen LogP contribution is -2.51. The van der Waals surface area contributed by atoms with Crippen LogP contribution in [0.2, 0.25) is 0 Å². The summed E-state index contributed by atoms with van der Waals surface area (Å²) in [5.74, 6) is -3.43. The van der Waals surface area contributed by atoms with Crippen molar-refractivity contribution in [2.45, 2.75) is 59.0 Å². The molecule has 0 aromatic heterocycles. The molecule has 0 aliphatic carbocycles. The number of anilines is 1. The van der Waals surface area contributed by atoms with Gasteiger partial charge >= 0.3 is 23.9 Å². The van der Waals surface area contributed by atoms with Crippen molar-refractivity contribution >= 4 is 29.6 Å². The minimum Gasteiger partial charge on any atom is -0.465 e. The van der Waals surface area contributed by atoms with Crippen LogP contribution in [0.5, 0.6) is 0 Å². The maximum Gasteiger partial charge on any atom is 0.339 e. The number of ether oxygens (including phenoxy) is 4. The molecule has 3 rings (SSSR count). The average Bonchev–Trinajstić information content (AvgIpc) is 3.06. The fourth-order valence-corrected chi connectivity index (χ4v) is 4.44. The first-order valence-electron chi connectivity index (χ1n) is 12.0. The molecule has 1 aromatic rings. The minimum atomic E-state index is -2.04. The summed E-state index contributed by atoms with van der Waals surface area (Å²) in [6.07, 6.45) is 0.833. The van der Waals surface area contributed by atoms with E-state index in [0.717, 1.165) is 6.42 Å². The molecule has 1 aromatic carbocycles. The number of hydrogen-bond acceptors (Lipinski definition) is 10. The number of esters is 4. The second-order valence-corrected chi connectivity index (χ2v) is 8.68. The molecule has 2 aliphatic heterocycles. The predicted molar refractivity (Wildman–Crippen MR) is 129 cm³/mol. The molecule has 0 amide bonds. The van der Waals surface area contributed by atoms with Gasteiger partial charge in [0.2, 0.25) is 0 Å². The van der Waals surface area contributed by atoms with Crippen molar-refractivity contribution in [3.8, 4) is 0 Å². The Hall–Kier alpha value is -3.82. The van der Waals surface area contributed by atoms with Gasteiger partial charge in [-0.15, -0.1) is 0 Å². The third-order valence-corrected chi connectivity index (χ3v) is 5.87. The smallest absolute Gasteiger partial charge is 0.339 e. The van der Waals surface area contributed by atoms with Gasteiger partial charge in [0.05, 0.1) is 19.3 Å². The molecule has 0 fully saturated rings. The van der Waals surface area contributed by atoms with Crippen LogP contribution in [0.15, 0.2) is 47.0 Å². The lowest BCUT2D eigenvalue weighted by molar-refractivity contribution is -0.148. The van der Waals surface area contributed by atoms with E-state index in [9.17, 15) is 19.2 Å². The summed E-state index contributed by atoms with van der Waals surface area (Å²) in [6, 6.07) is 6.55. The molecular formula is C26H32N2O8. The number of cyclic esters (lactones) is 1. The Morgan fingerprint density at radius 1 is 1.08 bits per heavy atom. The Bertz CT molecular complexity index is 1140. The lowest BCUT2D eigenvalue weighted by Gasteiger charge is -2.41. The zero-order chi connectivity index (χ0) is 26.6. The van der Waals surface area contributed by atoms with Crippen LogP contribution in [0.4, 0.5) is 5.69 Å². The second-order valence-electron chi connectivity index (χ2n) is 8.68. The minimum absolute atomic E-state index is 0.00838. The number of allylic oxidation sites excluding steroid dienone is 1. The summed E-state index contributed by atoms with van der Waals surface area (Å²) in [4.78, 5) is 54.4. The Kier molecular flexibility index (Phi) is 8.07. The molecule has 194 valence electrons. The fraction of sp³-hybridized carbons (Fsp3) is 0.462. The van der Waals surface area contributed by atoms with Crippen LogP contribution in [-0.2, 0) is 43.5 Å². The zero-order valence-electron chi connectivity index (χ0n) is 21.2. The zero-order valence-corrected chi connectivity index (χ0v) is 21.2. The Morgan fingerprint density at radius 3 is 2.42 bits per heavy atom. The van der Waals surface area contributed by atoms with Gasteiger partial charge < -0.3 is 29.6 Å². The van der Waals surface area contributed by atoms with Crippen molar-refractivity contribution in [1.29, 1.82) is 0 Å². The number of para-hydroxylation sites is 1. The van der Waals surface area contributed by atoms with E-state index in [1.54, 1.807) is 45.0 Å². The number of benzene rings is 1. The molecule has 10 nitrogen and oxygen atoms in total. The number of hydrogen-bond donors (Lipinski definition) is 1. The third-order valence-electron chi connectivity index (χ3n) is 5.87. The van der Waals surface area contributed by atoms with E-state index >= 15 is 0 Å². The third kappa shape index (κ3) is 4.55. The van der Waals surface area contributed by atoms with Gasteiger partial charge in [-0.3, -0.25) is 4.79 Å². The number of nitrogens with two attached hydrogens (primary N) is 1. The molecule has 10 heteroatoms. The van der Waals surface area contributed by atoms with Crippen molar-refractivity contribution in [3.63, 3.8) is 0 Å². The highest BCUT2D eigenvalue weighted by molar-refractivity contribution is 6.16. The van der Waals surface area contributed by atoms with Gasteiger partial charge in [-0.25, -0.2) is 14.4 Å². The monoisotopic (exact) mass is 500 g/mol. The molecule has 2 N–H and O–H groups in total. The van der Waals surface area contributed by atoms with Gasteiger partial charge in [0.15, 0.2) is 5.41 Å². The number of unbranched alkanes of at least 4 members (excludes halogenated alkanes) is 1. The summed E-state index contributed by atoms with van der Waals surface area (Å²) < 4.78 is 21.5. The number of carbonyl (C=O) groups is 4. The normalized spacial score (nSPS) is 18.9. The number of fused-ring (bicyclic) bond motifs is 2. The summed E-state index contributed by atoms with van der Waals surface area (Å²) in [6.45, 7) is 8.27. The summed E-state index contributed by atoms with van der Waals surface area (Å²) in [5, 5.41) is 0. The van der Waals surface area contributed by atoms with E-state index in [1.165, 1.54) is 11.8 Å². The maximum absolute atomic E-state index is 13.7. The van der Waals surface area contributed by atoms with Crippen LogP contribution in [-0.4, -0.2) is 49.7 Å². The molecular weight excluding hydrogens is 468 g/mol. The molecule has 2 heterocycles. The topological polar surface area (TPSA) is 134 Å². The first-order valence-corrected chi connectivity index (χ1v) is 12.0. The first-order chi connectivity index (χ1) is 17.1. The Labute approximate surface area is 210 Å². The van der Waals surface area contributed by atoms with Crippen LogP contribution in [0.1, 0.15) is 53.0 Å². The van der Waals surface area contributed by atoms with Gasteiger partial charge in [-0.2, -0.15) is 0 Å². The molecule has 0 bridgehead atoms. The highest BCUT2D eigenvalue weighted by Gasteiger charge is 2.63. The van der Waals surface area contributed by atoms with Crippen LogP contribution in [0.25, 0.3) is 0 Å². The van der Waals surface area contributed by atoms with Crippen LogP contribution in [0, 0.1) is 0 Å². The average molecular weight is 501 g/mol. The quantitative estimate of drug-likeness (QED) is 0.306. The molecule has 1 atom stereocenters. The Balaban J connectivity index is 2.33. The van der Waals surface area contributed by atoms with Crippen LogP contribution < -0.4 is 10.6 Å². The standard InChI is InChI=1S/C26H32N2O8/c1-6-8-13-34-23(30)21-22(27)28(14-19(29)33-7-2)18-12-10-9-11-17(18)26(21)20(16(5)36-25(26)32)24(31)35-15(3)4/h9-12,15H,6-8,13-14,27H2,1-5H3. The number of rotatable bonds is 9. The largest absolute Gasteiger partial charge is 0.465 e. The van der Waals surface area contributed by atoms with Gasteiger partial charge in [0.25, 0.3) is 0 Å². The first kappa shape index (κ1) is 26.8. The summed E-state index contributed by atoms with van der Waals surface area (Å²) >= 11 is 0. The second kappa shape index (κ2) is 10.8. The molecule has 0 radical (unpaired) electrons. The number of nitrogens with zero attached hydrogens (tertiary/aromatic N) is 1. The highest BCUT2D eigenvalue weighted by Crippen LogP contribution is 2.54.